The summed E-state index contributed by atoms with van der Waals surface area (Å²) in [6.45, 7) is 4.49. The lowest BCUT2D eigenvalue weighted by Gasteiger charge is -2.24. The first-order chi connectivity index (χ1) is 9.43. The van der Waals surface area contributed by atoms with Crippen LogP contribution in [0.4, 0.5) is 11.4 Å². The highest BCUT2D eigenvalue weighted by atomic mass is 32.2. The summed E-state index contributed by atoms with van der Waals surface area (Å²) < 4.78 is 0. The van der Waals surface area contributed by atoms with Gasteiger partial charge in [-0.15, -0.1) is 0 Å². The first-order valence-corrected chi connectivity index (χ1v) is 8.18. The molecule has 0 aliphatic heterocycles. The molecule has 1 aromatic rings. The zero-order valence-electron chi connectivity index (χ0n) is 12.8. The molecular formula is C15H25N3OS. The van der Waals surface area contributed by atoms with Crippen molar-refractivity contribution in [3.63, 3.8) is 0 Å². The van der Waals surface area contributed by atoms with Crippen LogP contribution in [0.1, 0.15) is 18.9 Å². The Morgan fingerprint density at radius 2 is 2.20 bits per heavy atom. The highest BCUT2D eigenvalue weighted by molar-refractivity contribution is 7.98. The van der Waals surface area contributed by atoms with Crippen molar-refractivity contribution >= 4 is 29.0 Å². The fraction of sp³-hybridized carbons (Fsp3) is 0.533. The molecule has 1 rings (SSSR count). The van der Waals surface area contributed by atoms with Crippen LogP contribution in [0.15, 0.2) is 18.2 Å². The van der Waals surface area contributed by atoms with Gasteiger partial charge >= 0.3 is 0 Å². The number of aryl methyl sites for hydroxylation is 1. The third-order valence-electron chi connectivity index (χ3n) is 3.41. The number of rotatable bonds is 7. The molecule has 1 unspecified atom stereocenters. The van der Waals surface area contributed by atoms with Crippen LogP contribution in [0.25, 0.3) is 0 Å². The molecule has 0 saturated heterocycles. The second kappa shape index (κ2) is 8.17. The van der Waals surface area contributed by atoms with Crippen LogP contribution in [-0.2, 0) is 4.79 Å². The number of carbonyl (C=O) groups is 1. The van der Waals surface area contributed by atoms with Crippen LogP contribution < -0.4 is 11.1 Å². The van der Waals surface area contributed by atoms with Crippen molar-refractivity contribution in [2.75, 3.05) is 36.7 Å². The van der Waals surface area contributed by atoms with Gasteiger partial charge in [0, 0.05) is 17.4 Å². The van der Waals surface area contributed by atoms with E-state index in [0.717, 1.165) is 23.4 Å². The van der Waals surface area contributed by atoms with Crippen LogP contribution in [0, 0.1) is 6.92 Å². The van der Waals surface area contributed by atoms with Crippen molar-refractivity contribution in [3.05, 3.63) is 23.8 Å². The summed E-state index contributed by atoms with van der Waals surface area (Å²) in [5.41, 5.74) is 8.22. The van der Waals surface area contributed by atoms with E-state index >= 15 is 0 Å². The van der Waals surface area contributed by atoms with Gasteiger partial charge in [0.05, 0.1) is 6.54 Å². The lowest BCUT2D eigenvalue weighted by Crippen LogP contribution is -2.36. The van der Waals surface area contributed by atoms with E-state index in [1.807, 2.05) is 37.9 Å². The molecule has 0 radical (unpaired) electrons. The number of nitrogen functional groups attached to an aromatic ring is 1. The maximum absolute atomic E-state index is 12.0. The molecule has 0 heterocycles. The summed E-state index contributed by atoms with van der Waals surface area (Å²) in [6, 6.07) is 5.91. The summed E-state index contributed by atoms with van der Waals surface area (Å²) >= 11 is 1.83. The van der Waals surface area contributed by atoms with E-state index in [9.17, 15) is 4.79 Å². The molecule has 3 N–H and O–H groups in total. The van der Waals surface area contributed by atoms with Crippen molar-refractivity contribution in [1.29, 1.82) is 0 Å². The zero-order chi connectivity index (χ0) is 15.1. The lowest BCUT2D eigenvalue weighted by molar-refractivity contribution is -0.117. The lowest BCUT2D eigenvalue weighted by atomic mass is 10.2. The molecule has 4 nitrogen and oxygen atoms in total. The molecule has 0 aromatic heterocycles. The normalized spacial score (nSPS) is 12.4. The maximum atomic E-state index is 12.0. The fourth-order valence-corrected chi connectivity index (χ4v) is 2.48. The molecule has 0 aliphatic rings. The molecule has 112 valence electrons. The predicted octanol–water partition coefficient (Wildman–Crippen LogP) is 2.59. The van der Waals surface area contributed by atoms with Crippen LogP contribution in [0.2, 0.25) is 0 Å². The standard InChI is InChI=1S/C15H25N3OS/c1-11-9-13(16)5-6-14(11)17-15(19)10-18(3)12(2)7-8-20-4/h5-6,9,12H,7-8,10,16H2,1-4H3,(H,17,19). The number of likely N-dealkylation sites (N-methyl/N-ethyl adjacent to an activating group) is 1. The molecule has 1 atom stereocenters. The van der Waals surface area contributed by atoms with Crippen LogP contribution in [0.3, 0.4) is 0 Å². The van der Waals surface area contributed by atoms with E-state index in [1.165, 1.54) is 0 Å². The summed E-state index contributed by atoms with van der Waals surface area (Å²) in [5, 5.41) is 2.94. The van der Waals surface area contributed by atoms with Gasteiger partial charge in [0.1, 0.15) is 0 Å². The van der Waals surface area contributed by atoms with Gasteiger partial charge in [-0.25, -0.2) is 0 Å². The third-order valence-corrected chi connectivity index (χ3v) is 4.05. The second-order valence-electron chi connectivity index (χ2n) is 5.17. The average Bonchev–Trinajstić information content (AvgIpc) is 2.39. The fourth-order valence-electron chi connectivity index (χ4n) is 1.91. The van der Waals surface area contributed by atoms with E-state index < -0.39 is 0 Å². The Morgan fingerprint density at radius 3 is 2.80 bits per heavy atom. The van der Waals surface area contributed by atoms with E-state index in [0.29, 0.717) is 18.3 Å². The molecule has 5 heteroatoms. The molecule has 0 bridgehead atoms. The Bertz CT molecular complexity index is 451. The highest BCUT2D eigenvalue weighted by Crippen LogP contribution is 2.17. The number of nitrogens with zero attached hydrogens (tertiary/aromatic N) is 1. The zero-order valence-corrected chi connectivity index (χ0v) is 13.6. The van der Waals surface area contributed by atoms with E-state index in [1.54, 1.807) is 6.07 Å². The number of benzene rings is 1. The highest BCUT2D eigenvalue weighted by Gasteiger charge is 2.13. The van der Waals surface area contributed by atoms with Gasteiger partial charge in [0.2, 0.25) is 5.91 Å². The molecular weight excluding hydrogens is 270 g/mol. The topological polar surface area (TPSA) is 58.4 Å². The molecule has 20 heavy (non-hydrogen) atoms. The summed E-state index contributed by atoms with van der Waals surface area (Å²) in [7, 11) is 1.99. The SMILES string of the molecule is CSCCC(C)N(C)CC(=O)Nc1ccc(N)cc1C. The van der Waals surface area contributed by atoms with Crippen molar-refractivity contribution in [3.8, 4) is 0 Å². The van der Waals surface area contributed by atoms with E-state index in [2.05, 4.69) is 23.4 Å². The number of thioether (sulfide) groups is 1. The van der Waals surface area contributed by atoms with E-state index in [-0.39, 0.29) is 5.91 Å². The number of nitrogens with two attached hydrogens (primary N) is 1. The van der Waals surface area contributed by atoms with Gasteiger partial charge in [-0.05, 0) is 63.1 Å². The maximum Gasteiger partial charge on any atom is 0.238 e. The van der Waals surface area contributed by atoms with Gasteiger partial charge in [-0.3, -0.25) is 9.69 Å². The number of carbonyl (C=O) groups excluding carboxylic acids is 1. The molecule has 1 amide bonds. The molecule has 0 aliphatic carbocycles. The second-order valence-corrected chi connectivity index (χ2v) is 6.15. The quantitative estimate of drug-likeness (QED) is 0.759. The summed E-state index contributed by atoms with van der Waals surface area (Å²) in [5.74, 6) is 1.13. The number of amides is 1. The largest absolute Gasteiger partial charge is 0.399 e. The molecule has 1 aromatic carbocycles. The first-order valence-electron chi connectivity index (χ1n) is 6.79. The van der Waals surface area contributed by atoms with Crippen LogP contribution in [0.5, 0.6) is 0 Å². The van der Waals surface area contributed by atoms with Gasteiger partial charge < -0.3 is 11.1 Å². The Hall–Kier alpha value is -1.20. The number of hydrogen-bond acceptors (Lipinski definition) is 4. The predicted molar refractivity (Wildman–Crippen MR) is 89.3 cm³/mol. The van der Waals surface area contributed by atoms with Crippen LogP contribution in [-0.4, -0.2) is 42.4 Å². The molecule has 0 saturated carbocycles. The van der Waals surface area contributed by atoms with Crippen molar-refractivity contribution in [2.24, 2.45) is 0 Å². The number of hydrogen-bond donors (Lipinski definition) is 2. The molecule has 0 spiro atoms. The van der Waals surface area contributed by atoms with Crippen molar-refractivity contribution in [1.82, 2.24) is 4.90 Å². The smallest absolute Gasteiger partial charge is 0.238 e. The Morgan fingerprint density at radius 1 is 1.50 bits per heavy atom. The Balaban J connectivity index is 2.50. The summed E-state index contributed by atoms with van der Waals surface area (Å²) in [6.07, 6.45) is 3.19. The number of nitrogens with one attached hydrogen (secondary N) is 1. The molecule has 0 fully saturated rings. The van der Waals surface area contributed by atoms with Crippen LogP contribution >= 0.6 is 11.8 Å². The number of anilines is 2. The minimum atomic E-state index is 0.0105. The Kier molecular flexibility index (Phi) is 6.88. The van der Waals surface area contributed by atoms with Gasteiger partial charge in [0.15, 0.2) is 0 Å². The van der Waals surface area contributed by atoms with Gasteiger partial charge in [-0.1, -0.05) is 0 Å². The first kappa shape index (κ1) is 16.9. The Labute approximate surface area is 126 Å². The van der Waals surface area contributed by atoms with Gasteiger partial charge in [-0.2, -0.15) is 11.8 Å². The summed E-state index contributed by atoms with van der Waals surface area (Å²) in [4.78, 5) is 14.1. The minimum Gasteiger partial charge on any atom is -0.399 e. The van der Waals surface area contributed by atoms with Crippen molar-refractivity contribution in [2.45, 2.75) is 26.3 Å². The van der Waals surface area contributed by atoms with E-state index in [4.69, 9.17) is 5.73 Å². The average molecular weight is 295 g/mol. The van der Waals surface area contributed by atoms with Gasteiger partial charge in [0.25, 0.3) is 0 Å². The van der Waals surface area contributed by atoms with Crippen molar-refractivity contribution < 1.29 is 4.79 Å². The minimum absolute atomic E-state index is 0.0105. The monoisotopic (exact) mass is 295 g/mol. The third kappa shape index (κ3) is 5.43.